The number of rotatable bonds is 8. The number of ether oxygens (including phenoxy) is 1. The molecule has 0 spiro atoms. The summed E-state index contributed by atoms with van der Waals surface area (Å²) in [5, 5.41) is 3.34. The second kappa shape index (κ2) is 11.0. The Morgan fingerprint density at radius 2 is 1.85 bits per heavy atom. The van der Waals surface area contributed by atoms with Crippen LogP contribution in [0, 0.1) is 5.41 Å². The van der Waals surface area contributed by atoms with Gasteiger partial charge in [-0.1, -0.05) is 26.0 Å². The van der Waals surface area contributed by atoms with Gasteiger partial charge in [-0.3, -0.25) is 4.99 Å². The van der Waals surface area contributed by atoms with Crippen molar-refractivity contribution in [2.75, 3.05) is 39.8 Å². The number of sulfone groups is 1. The Labute approximate surface area is 175 Å². The molecule has 0 heterocycles. The fourth-order valence-electron chi connectivity index (χ4n) is 2.33. The van der Waals surface area contributed by atoms with Crippen LogP contribution < -0.4 is 10.1 Å². The smallest absolute Gasteiger partial charge is 0.193 e. The molecule has 0 aromatic heterocycles. The van der Waals surface area contributed by atoms with E-state index in [1.54, 1.807) is 14.2 Å². The molecular formula is C18H32IN3O3S. The van der Waals surface area contributed by atoms with E-state index >= 15 is 0 Å². The quantitative estimate of drug-likeness (QED) is 0.340. The molecule has 0 aliphatic carbocycles. The first kappa shape index (κ1) is 25.0. The van der Waals surface area contributed by atoms with E-state index < -0.39 is 9.84 Å². The van der Waals surface area contributed by atoms with Crippen LogP contribution in [0.15, 0.2) is 29.3 Å². The zero-order valence-corrected chi connectivity index (χ0v) is 19.7. The molecule has 150 valence electrons. The van der Waals surface area contributed by atoms with Crippen molar-refractivity contribution < 1.29 is 13.2 Å². The Hall–Kier alpha value is -1.03. The zero-order valence-electron chi connectivity index (χ0n) is 16.6. The number of aliphatic imine (C=N–C) groups is 1. The van der Waals surface area contributed by atoms with Gasteiger partial charge < -0.3 is 15.0 Å². The molecule has 1 rings (SSSR count). The van der Waals surface area contributed by atoms with Crippen molar-refractivity contribution in [3.63, 3.8) is 0 Å². The summed E-state index contributed by atoms with van der Waals surface area (Å²) >= 11 is 0. The van der Waals surface area contributed by atoms with E-state index in [0.29, 0.717) is 19.5 Å². The first-order valence-corrected chi connectivity index (χ1v) is 10.3. The third kappa shape index (κ3) is 9.61. The van der Waals surface area contributed by atoms with Gasteiger partial charge in [0.25, 0.3) is 0 Å². The van der Waals surface area contributed by atoms with Gasteiger partial charge in [-0.2, -0.15) is 0 Å². The summed E-state index contributed by atoms with van der Waals surface area (Å²) in [6.07, 6.45) is 1.89. The van der Waals surface area contributed by atoms with E-state index in [4.69, 9.17) is 4.74 Å². The average Bonchev–Trinajstić information content (AvgIpc) is 2.54. The third-order valence-corrected chi connectivity index (χ3v) is 4.97. The summed E-state index contributed by atoms with van der Waals surface area (Å²) in [5.74, 6) is 1.81. The third-order valence-electron chi connectivity index (χ3n) is 4.03. The Morgan fingerprint density at radius 1 is 1.27 bits per heavy atom. The SMILES string of the molecule is CN=C(NCC(C)(C)CCS(C)(=O)=O)N(C)Cc1ccc(OC)cc1.I. The van der Waals surface area contributed by atoms with E-state index in [1.807, 2.05) is 36.2 Å². The van der Waals surface area contributed by atoms with E-state index in [0.717, 1.165) is 17.3 Å². The van der Waals surface area contributed by atoms with Crippen LogP contribution in [0.2, 0.25) is 0 Å². The Balaban J connectivity index is 0.00000625. The van der Waals surface area contributed by atoms with Crippen molar-refractivity contribution in [2.24, 2.45) is 10.4 Å². The number of hydrogen-bond acceptors (Lipinski definition) is 4. The molecule has 0 aliphatic rings. The van der Waals surface area contributed by atoms with Gasteiger partial charge in [-0.05, 0) is 29.5 Å². The lowest BCUT2D eigenvalue weighted by atomic mass is 9.90. The Bertz CT molecular complexity index is 673. The summed E-state index contributed by atoms with van der Waals surface area (Å²) < 4.78 is 27.9. The lowest BCUT2D eigenvalue weighted by Gasteiger charge is -2.28. The van der Waals surface area contributed by atoms with Crippen molar-refractivity contribution in [3.8, 4) is 5.75 Å². The molecule has 0 aliphatic heterocycles. The minimum Gasteiger partial charge on any atom is -0.497 e. The number of nitrogens with zero attached hydrogens (tertiary/aromatic N) is 2. The van der Waals surface area contributed by atoms with E-state index in [-0.39, 0.29) is 35.1 Å². The number of guanidine groups is 1. The minimum atomic E-state index is -2.94. The molecule has 0 saturated heterocycles. The minimum absolute atomic E-state index is 0. The predicted octanol–water partition coefficient (Wildman–Crippen LogP) is 2.78. The van der Waals surface area contributed by atoms with Gasteiger partial charge in [0.05, 0.1) is 12.9 Å². The predicted molar refractivity (Wildman–Crippen MR) is 119 cm³/mol. The van der Waals surface area contributed by atoms with Crippen molar-refractivity contribution in [1.29, 1.82) is 0 Å². The number of methoxy groups -OCH3 is 1. The second-order valence-electron chi connectivity index (χ2n) is 7.15. The summed E-state index contributed by atoms with van der Waals surface area (Å²) in [4.78, 5) is 6.35. The molecule has 0 bridgehead atoms. The Kier molecular flexibility index (Phi) is 10.5. The van der Waals surface area contributed by atoms with E-state index in [1.165, 1.54) is 6.26 Å². The van der Waals surface area contributed by atoms with Crippen LogP contribution in [0.25, 0.3) is 0 Å². The first-order valence-electron chi connectivity index (χ1n) is 8.29. The fraction of sp³-hybridized carbons (Fsp3) is 0.611. The molecule has 6 nitrogen and oxygen atoms in total. The molecule has 0 radical (unpaired) electrons. The molecule has 26 heavy (non-hydrogen) atoms. The van der Waals surface area contributed by atoms with Gasteiger partial charge in [0, 0.05) is 33.4 Å². The van der Waals surface area contributed by atoms with Crippen molar-refractivity contribution in [3.05, 3.63) is 29.8 Å². The topological polar surface area (TPSA) is 71.0 Å². The molecular weight excluding hydrogens is 465 g/mol. The van der Waals surface area contributed by atoms with Gasteiger partial charge in [0.15, 0.2) is 5.96 Å². The van der Waals surface area contributed by atoms with Crippen LogP contribution in [0.5, 0.6) is 5.75 Å². The first-order chi connectivity index (χ1) is 11.6. The molecule has 1 aromatic rings. The highest BCUT2D eigenvalue weighted by Gasteiger charge is 2.21. The largest absolute Gasteiger partial charge is 0.497 e. The average molecular weight is 497 g/mol. The second-order valence-corrected chi connectivity index (χ2v) is 9.41. The summed E-state index contributed by atoms with van der Waals surface area (Å²) in [6, 6.07) is 7.93. The van der Waals surface area contributed by atoms with Gasteiger partial charge in [0.2, 0.25) is 0 Å². The Morgan fingerprint density at radius 3 is 2.31 bits per heavy atom. The zero-order chi connectivity index (χ0) is 19.1. The lowest BCUT2D eigenvalue weighted by Crippen LogP contribution is -2.43. The van der Waals surface area contributed by atoms with Gasteiger partial charge >= 0.3 is 0 Å². The fourth-order valence-corrected chi connectivity index (χ4v) is 3.26. The maximum Gasteiger partial charge on any atom is 0.193 e. The van der Waals surface area contributed by atoms with Crippen LogP contribution >= 0.6 is 24.0 Å². The molecule has 0 amide bonds. The summed E-state index contributed by atoms with van der Waals surface area (Å²) in [5.41, 5.74) is 1.02. The molecule has 1 N–H and O–H groups in total. The normalized spacial score (nSPS) is 12.3. The summed E-state index contributed by atoms with van der Waals surface area (Å²) in [7, 11) is 2.43. The van der Waals surface area contributed by atoms with Gasteiger partial charge in [0.1, 0.15) is 15.6 Å². The number of benzene rings is 1. The van der Waals surface area contributed by atoms with Crippen LogP contribution in [0.3, 0.4) is 0 Å². The van der Waals surface area contributed by atoms with Gasteiger partial charge in [-0.15, -0.1) is 24.0 Å². The maximum absolute atomic E-state index is 11.4. The molecule has 0 atom stereocenters. The number of hydrogen-bond donors (Lipinski definition) is 1. The standard InChI is InChI=1S/C18H31N3O3S.HI/c1-18(2,11-12-25(6,22)23)14-20-17(19-3)21(4)13-15-7-9-16(24-5)10-8-15;/h7-10H,11-14H2,1-6H3,(H,19,20);1H. The summed E-state index contributed by atoms with van der Waals surface area (Å²) in [6.45, 7) is 5.49. The van der Waals surface area contributed by atoms with Crippen molar-refractivity contribution in [2.45, 2.75) is 26.8 Å². The highest BCUT2D eigenvalue weighted by molar-refractivity contribution is 14.0. The maximum atomic E-state index is 11.4. The highest BCUT2D eigenvalue weighted by Crippen LogP contribution is 2.20. The van der Waals surface area contributed by atoms with E-state index in [2.05, 4.69) is 24.2 Å². The molecule has 0 fully saturated rings. The highest BCUT2D eigenvalue weighted by atomic mass is 127. The van der Waals surface area contributed by atoms with Gasteiger partial charge in [-0.25, -0.2) is 8.42 Å². The van der Waals surface area contributed by atoms with Crippen LogP contribution in [0.4, 0.5) is 0 Å². The lowest BCUT2D eigenvalue weighted by molar-refractivity contribution is 0.340. The molecule has 0 saturated carbocycles. The van der Waals surface area contributed by atoms with Crippen LogP contribution in [-0.4, -0.2) is 59.0 Å². The van der Waals surface area contributed by atoms with E-state index in [9.17, 15) is 8.42 Å². The van der Waals surface area contributed by atoms with Crippen molar-refractivity contribution >= 4 is 39.8 Å². The van der Waals surface area contributed by atoms with Crippen LogP contribution in [0.1, 0.15) is 25.8 Å². The van der Waals surface area contributed by atoms with Crippen LogP contribution in [-0.2, 0) is 16.4 Å². The molecule has 8 heteroatoms. The monoisotopic (exact) mass is 497 g/mol. The molecule has 0 unspecified atom stereocenters. The van der Waals surface area contributed by atoms with Crippen molar-refractivity contribution in [1.82, 2.24) is 10.2 Å². The molecule has 1 aromatic carbocycles. The number of nitrogens with one attached hydrogen (secondary N) is 1. The number of halogens is 1.